The maximum Gasteiger partial charge on any atom is 0.123 e. The van der Waals surface area contributed by atoms with Crippen LogP contribution in [0.4, 0.5) is 0 Å². The molecule has 1 aromatic carbocycles. The molecule has 118 valence electrons. The van der Waals surface area contributed by atoms with Crippen molar-refractivity contribution in [2.45, 2.75) is 18.5 Å². The Morgan fingerprint density at radius 2 is 2.00 bits per heavy atom. The number of hydrogen-bond donors (Lipinski definition) is 1. The molecule has 5 heteroatoms. The van der Waals surface area contributed by atoms with E-state index in [-0.39, 0.29) is 6.04 Å². The highest BCUT2D eigenvalue weighted by molar-refractivity contribution is 5.42. The first-order valence-corrected chi connectivity index (χ1v) is 7.41. The second-order valence-electron chi connectivity index (χ2n) is 5.85. The van der Waals surface area contributed by atoms with E-state index in [2.05, 4.69) is 23.9 Å². The van der Waals surface area contributed by atoms with Crippen LogP contribution in [0, 0.1) is 0 Å². The van der Waals surface area contributed by atoms with E-state index in [1.54, 1.807) is 14.2 Å². The molecule has 0 spiro atoms. The van der Waals surface area contributed by atoms with E-state index in [1.807, 2.05) is 18.2 Å². The van der Waals surface area contributed by atoms with Gasteiger partial charge in [0.15, 0.2) is 0 Å². The molecule has 1 aliphatic rings. The Bertz CT molecular complexity index is 467. The van der Waals surface area contributed by atoms with Gasteiger partial charge in [-0.15, -0.1) is 0 Å². The van der Waals surface area contributed by atoms with E-state index < -0.39 is 0 Å². The first-order chi connectivity index (χ1) is 10.0. The quantitative estimate of drug-likeness (QED) is 0.888. The number of hydrogen-bond acceptors (Lipinski definition) is 5. The standard InChI is InChI=1S/C16H27N3O2/c1-18-7-8-19(2)12(11-18)9-15(17)14-10-13(20-3)5-6-16(14)21-4/h5-6,10,12,15H,7-9,11,17H2,1-4H3. The molecular formula is C16H27N3O2. The number of methoxy groups -OCH3 is 2. The lowest BCUT2D eigenvalue weighted by molar-refractivity contribution is 0.104. The zero-order valence-corrected chi connectivity index (χ0v) is 13.5. The molecule has 0 radical (unpaired) electrons. The molecule has 1 fully saturated rings. The first kappa shape index (κ1) is 16.1. The van der Waals surface area contributed by atoms with Crippen LogP contribution >= 0.6 is 0 Å². The molecule has 2 atom stereocenters. The van der Waals surface area contributed by atoms with Crippen molar-refractivity contribution in [3.63, 3.8) is 0 Å². The molecule has 0 amide bonds. The third-order valence-corrected chi connectivity index (χ3v) is 4.34. The Labute approximate surface area is 127 Å². The van der Waals surface area contributed by atoms with Gasteiger partial charge in [-0.2, -0.15) is 0 Å². The Kier molecular flexibility index (Phi) is 5.45. The van der Waals surface area contributed by atoms with Crippen molar-refractivity contribution in [3.8, 4) is 11.5 Å². The summed E-state index contributed by atoms with van der Waals surface area (Å²) in [6.07, 6.45) is 0.907. The van der Waals surface area contributed by atoms with Gasteiger partial charge in [0.25, 0.3) is 0 Å². The summed E-state index contributed by atoms with van der Waals surface area (Å²) in [6.45, 7) is 3.25. The van der Waals surface area contributed by atoms with Gasteiger partial charge in [0, 0.05) is 37.3 Å². The fraction of sp³-hybridized carbons (Fsp3) is 0.625. The summed E-state index contributed by atoms with van der Waals surface area (Å²) >= 11 is 0. The predicted molar refractivity (Wildman–Crippen MR) is 85.0 cm³/mol. The zero-order valence-electron chi connectivity index (χ0n) is 13.5. The van der Waals surface area contributed by atoms with Crippen molar-refractivity contribution >= 4 is 0 Å². The maximum absolute atomic E-state index is 6.45. The highest BCUT2D eigenvalue weighted by atomic mass is 16.5. The Morgan fingerprint density at radius 3 is 2.67 bits per heavy atom. The summed E-state index contributed by atoms with van der Waals surface area (Å²) in [5.41, 5.74) is 7.47. The van der Waals surface area contributed by atoms with Crippen molar-refractivity contribution in [2.24, 2.45) is 5.73 Å². The van der Waals surface area contributed by atoms with Crippen LogP contribution in [0.1, 0.15) is 18.0 Å². The molecule has 0 saturated carbocycles. The van der Waals surface area contributed by atoms with Crippen molar-refractivity contribution < 1.29 is 9.47 Å². The van der Waals surface area contributed by atoms with Gasteiger partial charge in [-0.25, -0.2) is 0 Å². The number of nitrogens with two attached hydrogens (primary N) is 1. The lowest BCUT2D eigenvalue weighted by Gasteiger charge is -2.39. The monoisotopic (exact) mass is 293 g/mol. The van der Waals surface area contributed by atoms with Crippen molar-refractivity contribution in [3.05, 3.63) is 23.8 Å². The normalized spacial score (nSPS) is 22.0. The van der Waals surface area contributed by atoms with Crippen LogP contribution in [0.5, 0.6) is 11.5 Å². The van der Waals surface area contributed by atoms with Crippen LogP contribution in [-0.4, -0.2) is 63.8 Å². The molecule has 1 aromatic rings. The summed E-state index contributed by atoms with van der Waals surface area (Å²) in [4.78, 5) is 4.76. The number of ether oxygens (including phenoxy) is 2. The van der Waals surface area contributed by atoms with Crippen LogP contribution < -0.4 is 15.2 Å². The molecule has 1 aliphatic heterocycles. The van der Waals surface area contributed by atoms with E-state index in [1.165, 1.54) is 0 Å². The van der Waals surface area contributed by atoms with Crippen LogP contribution in [0.3, 0.4) is 0 Å². The van der Waals surface area contributed by atoms with Gasteiger partial charge in [-0.1, -0.05) is 0 Å². The highest BCUT2D eigenvalue weighted by Gasteiger charge is 2.25. The minimum atomic E-state index is -0.0611. The van der Waals surface area contributed by atoms with Crippen LogP contribution in [0.2, 0.25) is 0 Å². The second-order valence-corrected chi connectivity index (χ2v) is 5.85. The number of piperazine rings is 1. The van der Waals surface area contributed by atoms with Crippen LogP contribution in [0.15, 0.2) is 18.2 Å². The van der Waals surface area contributed by atoms with E-state index in [9.17, 15) is 0 Å². The maximum atomic E-state index is 6.45. The van der Waals surface area contributed by atoms with Crippen LogP contribution in [0.25, 0.3) is 0 Å². The first-order valence-electron chi connectivity index (χ1n) is 7.41. The molecule has 0 aromatic heterocycles. The van der Waals surface area contributed by atoms with Crippen molar-refractivity contribution in [2.75, 3.05) is 47.9 Å². The topological polar surface area (TPSA) is 51.0 Å². The van der Waals surface area contributed by atoms with Crippen molar-refractivity contribution in [1.82, 2.24) is 9.80 Å². The Balaban J connectivity index is 2.13. The molecule has 2 rings (SSSR count). The van der Waals surface area contributed by atoms with Crippen LogP contribution in [-0.2, 0) is 0 Å². The van der Waals surface area contributed by atoms with Gasteiger partial charge in [-0.05, 0) is 38.7 Å². The van der Waals surface area contributed by atoms with Gasteiger partial charge in [0.05, 0.1) is 14.2 Å². The fourth-order valence-electron chi connectivity index (χ4n) is 2.91. The molecule has 5 nitrogen and oxygen atoms in total. The van der Waals surface area contributed by atoms with Crippen molar-refractivity contribution in [1.29, 1.82) is 0 Å². The number of likely N-dealkylation sites (N-methyl/N-ethyl adjacent to an activating group) is 2. The fourth-order valence-corrected chi connectivity index (χ4v) is 2.91. The number of rotatable bonds is 5. The Morgan fingerprint density at radius 1 is 1.24 bits per heavy atom. The molecule has 0 bridgehead atoms. The predicted octanol–water partition coefficient (Wildman–Crippen LogP) is 1.34. The average molecular weight is 293 g/mol. The minimum Gasteiger partial charge on any atom is -0.497 e. The highest BCUT2D eigenvalue weighted by Crippen LogP contribution is 2.31. The van der Waals surface area contributed by atoms with Gasteiger partial charge in [-0.3, -0.25) is 0 Å². The lowest BCUT2D eigenvalue weighted by Crippen LogP contribution is -2.50. The van der Waals surface area contributed by atoms with Gasteiger partial charge in [0.1, 0.15) is 11.5 Å². The molecule has 21 heavy (non-hydrogen) atoms. The van der Waals surface area contributed by atoms with Gasteiger partial charge >= 0.3 is 0 Å². The van der Waals surface area contributed by atoms with Gasteiger partial charge < -0.3 is 25.0 Å². The van der Waals surface area contributed by atoms with E-state index in [4.69, 9.17) is 15.2 Å². The largest absolute Gasteiger partial charge is 0.497 e. The van der Waals surface area contributed by atoms with E-state index in [0.717, 1.165) is 43.1 Å². The third-order valence-electron chi connectivity index (χ3n) is 4.34. The zero-order chi connectivity index (χ0) is 15.4. The molecular weight excluding hydrogens is 266 g/mol. The Hall–Kier alpha value is -1.30. The smallest absolute Gasteiger partial charge is 0.123 e. The van der Waals surface area contributed by atoms with Gasteiger partial charge in [0.2, 0.25) is 0 Å². The SMILES string of the molecule is COc1ccc(OC)c(C(N)CC2CN(C)CCN2C)c1. The third kappa shape index (κ3) is 3.87. The van der Waals surface area contributed by atoms with E-state index in [0.29, 0.717) is 6.04 Å². The summed E-state index contributed by atoms with van der Waals surface area (Å²) in [7, 11) is 7.68. The number of nitrogens with zero attached hydrogens (tertiary/aromatic N) is 2. The summed E-state index contributed by atoms with van der Waals surface area (Å²) in [5, 5.41) is 0. The minimum absolute atomic E-state index is 0.0611. The number of benzene rings is 1. The summed E-state index contributed by atoms with van der Waals surface area (Å²) in [6, 6.07) is 6.21. The molecule has 2 unspecified atom stereocenters. The lowest BCUT2D eigenvalue weighted by atomic mass is 9.97. The molecule has 1 heterocycles. The van der Waals surface area contributed by atoms with E-state index >= 15 is 0 Å². The molecule has 1 saturated heterocycles. The molecule has 0 aliphatic carbocycles. The second kappa shape index (κ2) is 7.11. The molecule has 2 N–H and O–H groups in total. The summed E-state index contributed by atoms with van der Waals surface area (Å²) < 4.78 is 10.7. The average Bonchev–Trinajstić information content (AvgIpc) is 2.50. The summed E-state index contributed by atoms with van der Waals surface area (Å²) in [5.74, 6) is 1.64.